The van der Waals surface area contributed by atoms with Gasteiger partial charge in [0, 0.05) is 12.1 Å². The molecular formula is C13H20ClN5O. The summed E-state index contributed by atoms with van der Waals surface area (Å²) in [4.78, 5) is 8.16. The molecule has 2 heterocycles. The monoisotopic (exact) mass is 297 g/mol. The van der Waals surface area contributed by atoms with E-state index in [1.54, 1.807) is 4.52 Å². The molecule has 2 aromatic rings. The van der Waals surface area contributed by atoms with Gasteiger partial charge in [0.2, 0.25) is 0 Å². The highest BCUT2D eigenvalue weighted by Crippen LogP contribution is 2.24. The Morgan fingerprint density at radius 2 is 2.15 bits per heavy atom. The van der Waals surface area contributed by atoms with Crippen molar-refractivity contribution in [3.05, 3.63) is 17.0 Å². The van der Waals surface area contributed by atoms with Crippen molar-refractivity contribution in [2.45, 2.75) is 40.2 Å². The zero-order chi connectivity index (χ0) is 14.9. The largest absolute Gasteiger partial charge is 0.391 e. The van der Waals surface area contributed by atoms with Crippen molar-refractivity contribution >= 4 is 23.2 Å². The Hall–Kier alpha value is -1.40. The molecule has 0 bridgehead atoms. The Morgan fingerprint density at radius 1 is 1.45 bits per heavy atom. The van der Waals surface area contributed by atoms with Crippen molar-refractivity contribution in [3.63, 3.8) is 0 Å². The Balaban J connectivity index is 2.17. The molecule has 20 heavy (non-hydrogen) atoms. The van der Waals surface area contributed by atoms with Crippen LogP contribution in [0.15, 0.2) is 6.33 Å². The minimum absolute atomic E-state index is 0.0780. The van der Waals surface area contributed by atoms with Crippen molar-refractivity contribution < 1.29 is 5.11 Å². The SMILES string of the molecule is Cc1c(Cl)nc2ncnn2c1NCC(O)CC(C)(C)C. The summed E-state index contributed by atoms with van der Waals surface area (Å²) in [5.41, 5.74) is 0.863. The number of aliphatic hydroxyl groups is 1. The summed E-state index contributed by atoms with van der Waals surface area (Å²) in [6.45, 7) is 8.57. The number of rotatable bonds is 4. The van der Waals surface area contributed by atoms with E-state index in [1.807, 2.05) is 6.92 Å². The molecule has 2 rings (SSSR count). The first-order valence-corrected chi connectivity index (χ1v) is 6.93. The minimum Gasteiger partial charge on any atom is -0.391 e. The van der Waals surface area contributed by atoms with Crippen LogP contribution in [-0.4, -0.2) is 37.3 Å². The van der Waals surface area contributed by atoms with Crippen molar-refractivity contribution in [2.24, 2.45) is 5.41 Å². The van der Waals surface area contributed by atoms with Gasteiger partial charge in [-0.05, 0) is 18.8 Å². The van der Waals surface area contributed by atoms with Gasteiger partial charge in [0.1, 0.15) is 17.3 Å². The van der Waals surface area contributed by atoms with Crippen LogP contribution in [0.1, 0.15) is 32.8 Å². The van der Waals surface area contributed by atoms with E-state index in [0.29, 0.717) is 29.7 Å². The molecule has 1 unspecified atom stereocenters. The van der Waals surface area contributed by atoms with E-state index in [1.165, 1.54) is 6.33 Å². The van der Waals surface area contributed by atoms with Gasteiger partial charge in [-0.1, -0.05) is 32.4 Å². The third kappa shape index (κ3) is 3.37. The van der Waals surface area contributed by atoms with E-state index < -0.39 is 6.10 Å². The zero-order valence-electron chi connectivity index (χ0n) is 12.2. The van der Waals surface area contributed by atoms with Crippen molar-refractivity contribution in [2.75, 3.05) is 11.9 Å². The van der Waals surface area contributed by atoms with Crippen LogP contribution in [0.5, 0.6) is 0 Å². The molecule has 6 nitrogen and oxygen atoms in total. The molecule has 0 saturated heterocycles. The fourth-order valence-corrected chi connectivity index (χ4v) is 2.26. The second kappa shape index (κ2) is 5.54. The number of hydrogen-bond acceptors (Lipinski definition) is 5. The second-order valence-electron chi connectivity index (χ2n) is 6.15. The van der Waals surface area contributed by atoms with Gasteiger partial charge >= 0.3 is 0 Å². The highest BCUT2D eigenvalue weighted by molar-refractivity contribution is 6.30. The molecule has 7 heteroatoms. The highest BCUT2D eigenvalue weighted by atomic mass is 35.5. The summed E-state index contributed by atoms with van der Waals surface area (Å²) in [6, 6.07) is 0. The predicted molar refractivity (Wildman–Crippen MR) is 79.1 cm³/mol. The van der Waals surface area contributed by atoms with E-state index in [0.717, 1.165) is 5.56 Å². The summed E-state index contributed by atoms with van der Waals surface area (Å²) >= 11 is 6.08. The van der Waals surface area contributed by atoms with Gasteiger partial charge in [0.05, 0.1) is 6.10 Å². The lowest BCUT2D eigenvalue weighted by molar-refractivity contribution is 0.132. The molecule has 0 amide bonds. The van der Waals surface area contributed by atoms with Gasteiger partial charge in [-0.25, -0.2) is 0 Å². The van der Waals surface area contributed by atoms with Crippen LogP contribution in [0, 0.1) is 12.3 Å². The molecule has 0 spiro atoms. The number of aromatic nitrogens is 4. The molecule has 2 aromatic heterocycles. The second-order valence-corrected chi connectivity index (χ2v) is 6.51. The predicted octanol–water partition coefficient (Wildman–Crippen LogP) is 2.30. The molecule has 0 aromatic carbocycles. The van der Waals surface area contributed by atoms with Crippen LogP contribution < -0.4 is 5.32 Å². The van der Waals surface area contributed by atoms with Crippen LogP contribution >= 0.6 is 11.6 Å². The Labute approximate surface area is 123 Å². The summed E-state index contributed by atoms with van der Waals surface area (Å²) in [5, 5.41) is 17.8. The fourth-order valence-electron chi connectivity index (χ4n) is 2.10. The third-order valence-corrected chi connectivity index (χ3v) is 3.33. The maximum Gasteiger partial charge on any atom is 0.255 e. The van der Waals surface area contributed by atoms with E-state index in [4.69, 9.17) is 11.6 Å². The molecule has 1 atom stereocenters. The van der Waals surface area contributed by atoms with Gasteiger partial charge in [-0.3, -0.25) is 0 Å². The number of hydrogen-bond donors (Lipinski definition) is 2. The third-order valence-electron chi connectivity index (χ3n) is 2.96. The van der Waals surface area contributed by atoms with Gasteiger partial charge in [-0.2, -0.15) is 19.6 Å². The molecule has 110 valence electrons. The van der Waals surface area contributed by atoms with Crippen LogP contribution in [0.2, 0.25) is 5.15 Å². The quantitative estimate of drug-likeness (QED) is 0.847. The van der Waals surface area contributed by atoms with Crippen molar-refractivity contribution in [1.82, 2.24) is 19.6 Å². The summed E-state index contributed by atoms with van der Waals surface area (Å²) in [5.74, 6) is 1.15. The first-order valence-electron chi connectivity index (χ1n) is 6.56. The number of anilines is 1. The first kappa shape index (κ1) is 15.0. The van der Waals surface area contributed by atoms with Crippen LogP contribution in [0.25, 0.3) is 5.78 Å². The number of nitrogens with zero attached hydrogens (tertiary/aromatic N) is 4. The normalized spacial score (nSPS) is 13.7. The summed E-state index contributed by atoms with van der Waals surface area (Å²) in [6.07, 6.45) is 1.69. The Bertz CT molecular complexity index is 605. The standard InChI is InChI=1S/C13H20ClN5O/c1-8-10(14)18-12-16-7-17-19(12)11(8)15-6-9(20)5-13(2,3)4/h7,9,15,20H,5-6H2,1-4H3. The van der Waals surface area contributed by atoms with Gasteiger partial charge in [0.25, 0.3) is 5.78 Å². The van der Waals surface area contributed by atoms with Gasteiger partial charge in [-0.15, -0.1) is 0 Å². The molecular weight excluding hydrogens is 278 g/mol. The maximum absolute atomic E-state index is 10.1. The number of fused-ring (bicyclic) bond motifs is 1. The topological polar surface area (TPSA) is 75.3 Å². The smallest absolute Gasteiger partial charge is 0.255 e. The average molecular weight is 298 g/mol. The summed E-state index contributed by atoms with van der Waals surface area (Å²) in [7, 11) is 0. The molecule has 0 radical (unpaired) electrons. The van der Waals surface area contributed by atoms with Gasteiger partial charge < -0.3 is 10.4 Å². The minimum atomic E-state index is -0.445. The molecule has 0 saturated carbocycles. The van der Waals surface area contributed by atoms with E-state index >= 15 is 0 Å². The van der Waals surface area contributed by atoms with Crippen LogP contribution in [0.4, 0.5) is 5.82 Å². The lowest BCUT2D eigenvalue weighted by Crippen LogP contribution is -2.26. The van der Waals surface area contributed by atoms with Crippen LogP contribution in [-0.2, 0) is 0 Å². The Morgan fingerprint density at radius 3 is 2.80 bits per heavy atom. The van der Waals surface area contributed by atoms with Crippen molar-refractivity contribution in [1.29, 1.82) is 0 Å². The zero-order valence-corrected chi connectivity index (χ0v) is 12.9. The lowest BCUT2D eigenvalue weighted by Gasteiger charge is -2.23. The lowest BCUT2D eigenvalue weighted by atomic mass is 9.89. The fraction of sp³-hybridized carbons (Fsp3) is 0.615. The summed E-state index contributed by atoms with van der Waals surface area (Å²) < 4.78 is 1.59. The molecule has 0 fully saturated rings. The van der Waals surface area contributed by atoms with Gasteiger partial charge in [0.15, 0.2) is 0 Å². The Kier molecular flexibility index (Phi) is 4.15. The number of aliphatic hydroxyl groups excluding tert-OH is 1. The van der Waals surface area contributed by atoms with Crippen LogP contribution in [0.3, 0.4) is 0 Å². The van der Waals surface area contributed by atoms with E-state index in [9.17, 15) is 5.11 Å². The number of halogens is 1. The molecule has 0 aliphatic rings. The molecule has 2 N–H and O–H groups in total. The maximum atomic E-state index is 10.1. The van der Waals surface area contributed by atoms with E-state index in [2.05, 4.69) is 41.2 Å². The first-order chi connectivity index (χ1) is 9.28. The molecule has 0 aliphatic heterocycles. The average Bonchev–Trinajstić information content (AvgIpc) is 2.74. The van der Waals surface area contributed by atoms with E-state index in [-0.39, 0.29) is 5.41 Å². The molecule has 0 aliphatic carbocycles. The number of nitrogens with one attached hydrogen (secondary N) is 1. The van der Waals surface area contributed by atoms with Crippen molar-refractivity contribution in [3.8, 4) is 0 Å². The highest BCUT2D eigenvalue weighted by Gasteiger charge is 2.18.